The Morgan fingerprint density at radius 2 is 2.00 bits per heavy atom. The van der Waals surface area contributed by atoms with Crippen LogP contribution in [0.2, 0.25) is 0 Å². The highest BCUT2D eigenvalue weighted by molar-refractivity contribution is 5.99. The summed E-state index contributed by atoms with van der Waals surface area (Å²) < 4.78 is 38.1. The molecule has 0 saturated heterocycles. The average molecular weight is 260 g/mol. The molecule has 0 radical (unpaired) electrons. The summed E-state index contributed by atoms with van der Waals surface area (Å²) in [6, 6.07) is 0. The summed E-state index contributed by atoms with van der Waals surface area (Å²) in [6.07, 6.45) is 3.11. The molecular weight excluding hydrogens is 245 g/mol. The number of hydrogen-bond donors (Lipinski definition) is 0. The third-order valence-electron chi connectivity index (χ3n) is 3.32. The molecule has 1 aromatic heterocycles. The molecule has 0 unspecified atom stereocenters. The minimum absolute atomic E-state index is 0.377. The lowest BCUT2D eigenvalue weighted by Crippen LogP contribution is -2.22. The molecule has 2 rings (SSSR count). The Kier molecular flexibility index (Phi) is 3.73. The second kappa shape index (κ2) is 5.12. The molecule has 1 aliphatic carbocycles. The fourth-order valence-corrected chi connectivity index (χ4v) is 2.38. The zero-order valence-corrected chi connectivity index (χ0v) is 9.91. The first-order chi connectivity index (χ1) is 8.47. The van der Waals surface area contributed by atoms with Gasteiger partial charge in [-0.2, -0.15) is 18.3 Å². The number of carbonyl (C=O) groups excluding carboxylic acids is 1. The lowest BCUT2D eigenvalue weighted by atomic mass is 9.89. The monoisotopic (exact) mass is 260 g/mol. The Morgan fingerprint density at radius 3 is 2.61 bits per heavy atom. The van der Waals surface area contributed by atoms with Crippen LogP contribution in [0.4, 0.5) is 13.2 Å². The van der Waals surface area contributed by atoms with Gasteiger partial charge in [0.2, 0.25) is 0 Å². The number of Topliss-reactive ketones (excluding diaryl/α,β-unsaturated/α-hetero) is 1. The van der Waals surface area contributed by atoms with E-state index in [-0.39, 0.29) is 5.56 Å². The minimum atomic E-state index is -4.82. The van der Waals surface area contributed by atoms with Crippen LogP contribution in [0.1, 0.15) is 42.5 Å². The van der Waals surface area contributed by atoms with Gasteiger partial charge in [-0.3, -0.25) is 9.48 Å². The number of carbonyl (C=O) groups is 1. The highest BCUT2D eigenvalue weighted by Crippen LogP contribution is 2.25. The first kappa shape index (κ1) is 13.1. The SMILES string of the molecule is O=C(c1cnn(CC2CCCCC2)c1)C(F)(F)F. The van der Waals surface area contributed by atoms with Crippen LogP contribution in [0.5, 0.6) is 0 Å². The molecular formula is C12H15F3N2O. The Hall–Kier alpha value is -1.33. The zero-order chi connectivity index (χ0) is 13.2. The molecule has 0 atom stereocenters. The first-order valence-electron chi connectivity index (χ1n) is 6.11. The second-order valence-corrected chi connectivity index (χ2v) is 4.78. The van der Waals surface area contributed by atoms with Gasteiger partial charge in [-0.05, 0) is 18.8 Å². The first-order valence-corrected chi connectivity index (χ1v) is 6.11. The van der Waals surface area contributed by atoms with Gasteiger partial charge in [-0.1, -0.05) is 19.3 Å². The summed E-state index contributed by atoms with van der Waals surface area (Å²) in [7, 11) is 0. The topological polar surface area (TPSA) is 34.9 Å². The van der Waals surface area contributed by atoms with Gasteiger partial charge in [0, 0.05) is 12.7 Å². The van der Waals surface area contributed by atoms with Crippen molar-refractivity contribution in [1.82, 2.24) is 9.78 Å². The summed E-state index contributed by atoms with van der Waals surface area (Å²) in [5.74, 6) is -1.36. The molecule has 18 heavy (non-hydrogen) atoms. The zero-order valence-electron chi connectivity index (χ0n) is 9.91. The molecule has 1 aliphatic rings. The Balaban J connectivity index is 1.99. The fraction of sp³-hybridized carbons (Fsp3) is 0.667. The molecule has 100 valence electrons. The van der Waals surface area contributed by atoms with E-state index in [1.165, 1.54) is 30.1 Å². The molecule has 6 heteroatoms. The van der Waals surface area contributed by atoms with Gasteiger partial charge in [-0.15, -0.1) is 0 Å². The van der Waals surface area contributed by atoms with E-state index < -0.39 is 12.0 Å². The van der Waals surface area contributed by atoms with E-state index in [0.29, 0.717) is 12.5 Å². The van der Waals surface area contributed by atoms with E-state index >= 15 is 0 Å². The van der Waals surface area contributed by atoms with Crippen LogP contribution in [-0.2, 0) is 6.54 Å². The molecule has 0 aliphatic heterocycles. The quantitative estimate of drug-likeness (QED) is 0.782. The Labute approximate surface area is 103 Å². The van der Waals surface area contributed by atoms with Crippen molar-refractivity contribution in [1.29, 1.82) is 0 Å². The standard InChI is InChI=1S/C12H15F3N2O/c13-12(14,15)11(18)10-6-16-17(8-10)7-9-4-2-1-3-5-9/h6,8-9H,1-5,7H2. The maximum Gasteiger partial charge on any atom is 0.454 e. The minimum Gasteiger partial charge on any atom is -0.284 e. The van der Waals surface area contributed by atoms with Gasteiger partial charge in [0.1, 0.15) is 0 Å². The number of rotatable bonds is 3. The summed E-state index contributed by atoms with van der Waals surface area (Å²) >= 11 is 0. The summed E-state index contributed by atoms with van der Waals surface area (Å²) in [6.45, 7) is 0.602. The summed E-state index contributed by atoms with van der Waals surface area (Å²) in [5.41, 5.74) is -0.377. The van der Waals surface area contributed by atoms with Gasteiger partial charge in [0.25, 0.3) is 5.78 Å². The molecule has 0 aromatic carbocycles. The molecule has 1 saturated carbocycles. The number of halogens is 3. The molecule has 3 nitrogen and oxygen atoms in total. The van der Waals surface area contributed by atoms with Gasteiger partial charge in [0.05, 0.1) is 11.8 Å². The van der Waals surface area contributed by atoms with Crippen LogP contribution in [0, 0.1) is 5.92 Å². The van der Waals surface area contributed by atoms with E-state index in [1.807, 2.05) is 0 Å². The van der Waals surface area contributed by atoms with Gasteiger partial charge >= 0.3 is 6.18 Å². The van der Waals surface area contributed by atoms with Crippen molar-refractivity contribution in [2.24, 2.45) is 5.92 Å². The predicted molar refractivity (Wildman–Crippen MR) is 59.2 cm³/mol. The third-order valence-corrected chi connectivity index (χ3v) is 3.32. The largest absolute Gasteiger partial charge is 0.454 e. The second-order valence-electron chi connectivity index (χ2n) is 4.78. The molecule has 1 heterocycles. The number of ketones is 1. The van der Waals surface area contributed by atoms with Crippen molar-refractivity contribution in [3.05, 3.63) is 18.0 Å². The smallest absolute Gasteiger partial charge is 0.284 e. The third kappa shape index (κ3) is 3.11. The van der Waals surface area contributed by atoms with Crippen molar-refractivity contribution in [2.45, 2.75) is 44.8 Å². The Morgan fingerprint density at radius 1 is 1.33 bits per heavy atom. The van der Waals surface area contributed by atoms with Crippen molar-refractivity contribution >= 4 is 5.78 Å². The summed E-state index contributed by atoms with van der Waals surface area (Å²) in [5, 5.41) is 3.84. The highest BCUT2D eigenvalue weighted by atomic mass is 19.4. The van der Waals surface area contributed by atoms with Crippen LogP contribution in [0.25, 0.3) is 0 Å². The van der Waals surface area contributed by atoms with Crippen molar-refractivity contribution < 1.29 is 18.0 Å². The molecule has 0 amide bonds. The van der Waals surface area contributed by atoms with E-state index in [1.54, 1.807) is 0 Å². The van der Waals surface area contributed by atoms with Crippen molar-refractivity contribution in [2.75, 3.05) is 0 Å². The van der Waals surface area contributed by atoms with E-state index in [9.17, 15) is 18.0 Å². The normalized spacial score (nSPS) is 17.9. The molecule has 0 spiro atoms. The van der Waals surface area contributed by atoms with E-state index in [0.717, 1.165) is 19.0 Å². The van der Waals surface area contributed by atoms with Gasteiger partial charge in [-0.25, -0.2) is 0 Å². The molecule has 0 N–H and O–H groups in total. The van der Waals surface area contributed by atoms with Gasteiger partial charge in [0.15, 0.2) is 0 Å². The van der Waals surface area contributed by atoms with Crippen LogP contribution < -0.4 is 0 Å². The van der Waals surface area contributed by atoms with Crippen LogP contribution in [0.15, 0.2) is 12.4 Å². The predicted octanol–water partition coefficient (Wildman–Crippen LogP) is 3.21. The number of nitrogens with zero attached hydrogens (tertiary/aromatic N) is 2. The fourth-order valence-electron chi connectivity index (χ4n) is 2.38. The maximum atomic E-state index is 12.2. The molecule has 0 bridgehead atoms. The lowest BCUT2D eigenvalue weighted by molar-refractivity contribution is -0.0885. The number of alkyl halides is 3. The molecule has 1 fully saturated rings. The average Bonchev–Trinajstić information content (AvgIpc) is 2.76. The van der Waals surface area contributed by atoms with Crippen molar-refractivity contribution in [3.8, 4) is 0 Å². The Bertz CT molecular complexity index is 419. The summed E-state index contributed by atoms with van der Waals surface area (Å²) in [4.78, 5) is 11.0. The van der Waals surface area contributed by atoms with Crippen LogP contribution in [-0.4, -0.2) is 21.7 Å². The van der Waals surface area contributed by atoms with E-state index in [2.05, 4.69) is 5.10 Å². The maximum absolute atomic E-state index is 12.2. The van der Waals surface area contributed by atoms with Gasteiger partial charge < -0.3 is 0 Å². The van der Waals surface area contributed by atoms with Crippen molar-refractivity contribution in [3.63, 3.8) is 0 Å². The number of aromatic nitrogens is 2. The number of hydrogen-bond acceptors (Lipinski definition) is 2. The van der Waals surface area contributed by atoms with Crippen LogP contribution in [0.3, 0.4) is 0 Å². The van der Waals surface area contributed by atoms with E-state index in [4.69, 9.17) is 0 Å². The lowest BCUT2D eigenvalue weighted by Gasteiger charge is -2.21. The molecule has 1 aromatic rings. The highest BCUT2D eigenvalue weighted by Gasteiger charge is 2.40. The van der Waals surface area contributed by atoms with Crippen LogP contribution >= 0.6 is 0 Å².